The quantitative estimate of drug-likeness (QED) is 0.806. The number of halogens is 1. The van der Waals surface area contributed by atoms with E-state index >= 15 is 0 Å². The molecule has 76 valence electrons. The van der Waals surface area contributed by atoms with Crippen molar-refractivity contribution in [3.63, 3.8) is 0 Å². The number of anilines is 2. The largest absolute Gasteiger partial charge is 0.508 e. The van der Waals surface area contributed by atoms with Gasteiger partial charge in [0.15, 0.2) is 0 Å². The van der Waals surface area contributed by atoms with Gasteiger partial charge in [-0.15, -0.1) is 0 Å². The second-order valence-corrected chi connectivity index (χ2v) is 3.62. The van der Waals surface area contributed by atoms with E-state index in [0.717, 1.165) is 11.4 Å². The Hall–Kier alpha value is -1.67. The van der Waals surface area contributed by atoms with Crippen LogP contribution in [0, 0.1) is 0 Å². The predicted octanol–water partition coefficient (Wildman–Crippen LogP) is 3.79. The molecular formula is C12H10ClNO. The van der Waals surface area contributed by atoms with Gasteiger partial charge in [-0.2, -0.15) is 0 Å². The van der Waals surface area contributed by atoms with Gasteiger partial charge in [0.25, 0.3) is 0 Å². The molecule has 0 saturated carbocycles. The summed E-state index contributed by atoms with van der Waals surface area (Å²) in [4.78, 5) is 0. The van der Waals surface area contributed by atoms with E-state index in [-0.39, 0.29) is 5.75 Å². The van der Waals surface area contributed by atoms with Crippen molar-refractivity contribution in [3.05, 3.63) is 53.6 Å². The van der Waals surface area contributed by atoms with Crippen LogP contribution in [0.3, 0.4) is 0 Å². The van der Waals surface area contributed by atoms with Gasteiger partial charge in [0.05, 0.1) is 0 Å². The van der Waals surface area contributed by atoms with Gasteiger partial charge in [0.2, 0.25) is 0 Å². The highest BCUT2D eigenvalue weighted by Gasteiger charge is 1.96. The molecule has 0 unspecified atom stereocenters. The van der Waals surface area contributed by atoms with E-state index in [1.807, 2.05) is 30.3 Å². The smallest absolute Gasteiger partial charge is 0.117 e. The van der Waals surface area contributed by atoms with Crippen LogP contribution in [-0.2, 0) is 0 Å². The normalized spacial score (nSPS) is 9.93. The monoisotopic (exact) mass is 219 g/mol. The Balaban J connectivity index is 2.22. The van der Waals surface area contributed by atoms with Gasteiger partial charge in [-0.3, -0.25) is 0 Å². The van der Waals surface area contributed by atoms with Gasteiger partial charge in [-0.05, 0) is 30.3 Å². The highest BCUT2D eigenvalue weighted by Crippen LogP contribution is 2.22. The Morgan fingerprint density at radius 2 is 1.60 bits per heavy atom. The second kappa shape index (κ2) is 4.24. The molecule has 3 heteroatoms. The molecular weight excluding hydrogens is 210 g/mol. The minimum Gasteiger partial charge on any atom is -0.508 e. The van der Waals surface area contributed by atoms with Crippen molar-refractivity contribution in [2.45, 2.75) is 0 Å². The molecule has 2 aromatic rings. The molecule has 0 aliphatic heterocycles. The molecule has 0 aliphatic rings. The molecule has 0 atom stereocenters. The molecule has 0 aliphatic carbocycles. The standard InChI is InChI=1S/C12H10ClNO/c13-9-3-1-4-10(7-9)14-11-5-2-6-12(15)8-11/h1-8,14-15H. The van der Waals surface area contributed by atoms with Crippen LogP contribution in [0.2, 0.25) is 5.02 Å². The van der Waals surface area contributed by atoms with E-state index in [1.54, 1.807) is 18.2 Å². The van der Waals surface area contributed by atoms with Crippen molar-refractivity contribution in [1.29, 1.82) is 0 Å². The summed E-state index contributed by atoms with van der Waals surface area (Å²) in [7, 11) is 0. The summed E-state index contributed by atoms with van der Waals surface area (Å²) in [5.41, 5.74) is 1.73. The van der Waals surface area contributed by atoms with E-state index in [9.17, 15) is 5.11 Å². The second-order valence-electron chi connectivity index (χ2n) is 3.19. The van der Waals surface area contributed by atoms with Crippen molar-refractivity contribution in [2.75, 3.05) is 5.32 Å². The van der Waals surface area contributed by atoms with Crippen molar-refractivity contribution in [3.8, 4) is 5.75 Å². The molecule has 0 bridgehead atoms. The summed E-state index contributed by atoms with van der Waals surface area (Å²) >= 11 is 5.85. The lowest BCUT2D eigenvalue weighted by Crippen LogP contribution is -1.88. The molecule has 0 heterocycles. The topological polar surface area (TPSA) is 32.3 Å². The average Bonchev–Trinajstić information content (AvgIpc) is 2.17. The van der Waals surface area contributed by atoms with Crippen molar-refractivity contribution in [2.24, 2.45) is 0 Å². The third-order valence-electron chi connectivity index (χ3n) is 1.96. The minimum absolute atomic E-state index is 0.238. The van der Waals surface area contributed by atoms with Crippen molar-refractivity contribution in [1.82, 2.24) is 0 Å². The van der Waals surface area contributed by atoms with Crippen LogP contribution in [0.15, 0.2) is 48.5 Å². The lowest BCUT2D eigenvalue weighted by atomic mass is 10.2. The predicted molar refractivity (Wildman–Crippen MR) is 62.8 cm³/mol. The number of benzene rings is 2. The number of hydrogen-bond acceptors (Lipinski definition) is 2. The van der Waals surface area contributed by atoms with Crippen LogP contribution in [0.1, 0.15) is 0 Å². The highest BCUT2D eigenvalue weighted by atomic mass is 35.5. The molecule has 15 heavy (non-hydrogen) atoms. The van der Waals surface area contributed by atoms with Crippen LogP contribution in [0.5, 0.6) is 5.75 Å². The molecule has 0 fully saturated rings. The van der Waals surface area contributed by atoms with Gasteiger partial charge in [0.1, 0.15) is 5.75 Å². The van der Waals surface area contributed by atoms with Gasteiger partial charge < -0.3 is 10.4 Å². The van der Waals surface area contributed by atoms with E-state index in [0.29, 0.717) is 5.02 Å². The first-order valence-corrected chi connectivity index (χ1v) is 4.93. The van der Waals surface area contributed by atoms with Gasteiger partial charge in [0, 0.05) is 22.5 Å². The number of aromatic hydroxyl groups is 1. The summed E-state index contributed by atoms with van der Waals surface area (Å²) in [5, 5.41) is 13.1. The zero-order valence-corrected chi connectivity index (χ0v) is 8.70. The third kappa shape index (κ3) is 2.64. The van der Waals surface area contributed by atoms with E-state index in [2.05, 4.69) is 5.32 Å². The summed E-state index contributed by atoms with van der Waals surface area (Å²) in [6, 6.07) is 14.4. The number of rotatable bonds is 2. The number of phenolic OH excluding ortho intramolecular Hbond substituents is 1. The molecule has 2 N–H and O–H groups in total. The minimum atomic E-state index is 0.238. The zero-order valence-electron chi connectivity index (χ0n) is 7.94. The van der Waals surface area contributed by atoms with Gasteiger partial charge in [-0.25, -0.2) is 0 Å². The molecule has 2 nitrogen and oxygen atoms in total. The van der Waals surface area contributed by atoms with Crippen LogP contribution in [-0.4, -0.2) is 5.11 Å². The Labute approximate surface area is 93.1 Å². The first-order chi connectivity index (χ1) is 7.24. The van der Waals surface area contributed by atoms with Crippen LogP contribution in [0.25, 0.3) is 0 Å². The molecule has 0 aromatic heterocycles. The van der Waals surface area contributed by atoms with Crippen molar-refractivity contribution >= 4 is 23.0 Å². The zero-order chi connectivity index (χ0) is 10.7. The maximum atomic E-state index is 9.28. The number of hydrogen-bond donors (Lipinski definition) is 2. The van der Waals surface area contributed by atoms with Gasteiger partial charge in [-0.1, -0.05) is 23.7 Å². The van der Waals surface area contributed by atoms with Crippen LogP contribution >= 0.6 is 11.6 Å². The molecule has 2 aromatic carbocycles. The van der Waals surface area contributed by atoms with Gasteiger partial charge >= 0.3 is 0 Å². The molecule has 2 rings (SSSR count). The highest BCUT2D eigenvalue weighted by molar-refractivity contribution is 6.30. The molecule has 0 amide bonds. The number of nitrogens with one attached hydrogen (secondary N) is 1. The fraction of sp³-hybridized carbons (Fsp3) is 0. The first kappa shape index (κ1) is 9.87. The summed E-state index contributed by atoms with van der Waals surface area (Å²) in [6.45, 7) is 0. The van der Waals surface area contributed by atoms with E-state index in [4.69, 9.17) is 11.6 Å². The van der Waals surface area contributed by atoms with Crippen molar-refractivity contribution < 1.29 is 5.11 Å². The lowest BCUT2D eigenvalue weighted by molar-refractivity contribution is 0.475. The third-order valence-corrected chi connectivity index (χ3v) is 2.19. The SMILES string of the molecule is Oc1cccc(Nc2cccc(Cl)c2)c1. The Morgan fingerprint density at radius 3 is 2.27 bits per heavy atom. The van der Waals surface area contributed by atoms with Crippen LogP contribution < -0.4 is 5.32 Å². The molecule has 0 saturated heterocycles. The first-order valence-electron chi connectivity index (χ1n) is 4.56. The lowest BCUT2D eigenvalue weighted by Gasteiger charge is -2.06. The number of phenols is 1. The summed E-state index contributed by atoms with van der Waals surface area (Å²) in [5.74, 6) is 0.238. The van der Waals surface area contributed by atoms with Crippen LogP contribution in [0.4, 0.5) is 11.4 Å². The Bertz CT molecular complexity index is 427. The maximum absolute atomic E-state index is 9.28. The molecule has 0 radical (unpaired) electrons. The van der Waals surface area contributed by atoms with E-state index < -0.39 is 0 Å². The fourth-order valence-corrected chi connectivity index (χ4v) is 1.51. The Morgan fingerprint density at radius 1 is 0.933 bits per heavy atom. The maximum Gasteiger partial charge on any atom is 0.117 e. The molecule has 0 spiro atoms. The average molecular weight is 220 g/mol. The summed E-state index contributed by atoms with van der Waals surface area (Å²) < 4.78 is 0. The fourth-order valence-electron chi connectivity index (χ4n) is 1.32. The summed E-state index contributed by atoms with van der Waals surface area (Å²) in [6.07, 6.45) is 0. The Kier molecular flexibility index (Phi) is 2.79. The van der Waals surface area contributed by atoms with E-state index in [1.165, 1.54) is 0 Å².